The lowest BCUT2D eigenvalue weighted by molar-refractivity contribution is -0.383. The highest BCUT2D eigenvalue weighted by Crippen LogP contribution is 2.37. The second-order valence-corrected chi connectivity index (χ2v) is 6.50. The summed E-state index contributed by atoms with van der Waals surface area (Å²) >= 11 is 0. The summed E-state index contributed by atoms with van der Waals surface area (Å²) in [5.41, 5.74) is 1.05. The van der Waals surface area contributed by atoms with Crippen LogP contribution in [-0.2, 0) is 0 Å². The van der Waals surface area contributed by atoms with E-state index >= 15 is 0 Å². The van der Waals surface area contributed by atoms with Crippen molar-refractivity contribution in [1.29, 1.82) is 0 Å². The minimum atomic E-state index is -0.432. The third-order valence-corrected chi connectivity index (χ3v) is 4.13. The van der Waals surface area contributed by atoms with Gasteiger partial charge in [-0.1, -0.05) is 26.3 Å². The quantitative estimate of drug-likeness (QED) is 0.679. The number of nitrogens with one attached hydrogen (secondary N) is 1. The normalized spacial score (nSPS) is 21.3. The van der Waals surface area contributed by atoms with Gasteiger partial charge in [0, 0.05) is 12.1 Å². The Kier molecular flexibility index (Phi) is 3.31. The number of nitrogens with zero attached hydrogens (tertiary/aromatic N) is 2. The maximum Gasteiger partial charge on any atom is 0.298 e. The molecule has 0 aliphatic heterocycles. The van der Waals surface area contributed by atoms with Crippen molar-refractivity contribution in [2.24, 2.45) is 5.41 Å². The second kappa shape index (κ2) is 5.02. The van der Waals surface area contributed by atoms with Crippen molar-refractivity contribution in [2.45, 2.75) is 45.6 Å². The molecule has 2 aromatic rings. The number of oxazole rings is 1. The summed E-state index contributed by atoms with van der Waals surface area (Å²) in [5.74, 6) is 0. The van der Waals surface area contributed by atoms with Crippen LogP contribution in [0.5, 0.6) is 0 Å². The van der Waals surface area contributed by atoms with Crippen LogP contribution in [0.15, 0.2) is 22.6 Å². The monoisotopic (exact) mass is 289 g/mol. The van der Waals surface area contributed by atoms with E-state index in [-0.39, 0.29) is 5.69 Å². The smallest absolute Gasteiger partial charge is 0.298 e. The van der Waals surface area contributed by atoms with Crippen LogP contribution in [0.25, 0.3) is 11.1 Å². The van der Waals surface area contributed by atoms with Crippen molar-refractivity contribution in [3.8, 4) is 0 Å². The van der Waals surface area contributed by atoms with Crippen LogP contribution in [0.1, 0.15) is 39.5 Å². The summed E-state index contributed by atoms with van der Waals surface area (Å²) < 4.78 is 5.60. The van der Waals surface area contributed by atoms with Crippen molar-refractivity contribution in [2.75, 3.05) is 5.32 Å². The number of hydrogen-bond donors (Lipinski definition) is 1. The van der Waals surface area contributed by atoms with E-state index in [0.717, 1.165) is 12.8 Å². The zero-order chi connectivity index (χ0) is 15.0. The molecule has 0 spiro atoms. The molecule has 6 nitrogen and oxygen atoms in total. The Hall–Kier alpha value is -2.11. The first-order valence-corrected chi connectivity index (χ1v) is 7.25. The van der Waals surface area contributed by atoms with Crippen molar-refractivity contribution >= 4 is 22.8 Å². The molecule has 1 aliphatic rings. The standard InChI is InChI=1S/C15H19N3O3/c1-15(2)8-4-5-10(9-15)16-14-17-13-11(18(19)20)6-3-7-12(13)21-14/h3,6-7,10H,4-5,8-9H2,1-2H3,(H,16,17). The predicted octanol–water partition coefficient (Wildman–Crippen LogP) is 4.12. The summed E-state index contributed by atoms with van der Waals surface area (Å²) in [4.78, 5) is 14.8. The first-order valence-electron chi connectivity index (χ1n) is 7.25. The molecule has 1 aromatic carbocycles. The largest absolute Gasteiger partial charge is 0.423 e. The zero-order valence-electron chi connectivity index (χ0n) is 12.3. The first-order chi connectivity index (χ1) is 9.94. The van der Waals surface area contributed by atoms with Crippen LogP contribution in [0, 0.1) is 15.5 Å². The van der Waals surface area contributed by atoms with Crippen LogP contribution in [0.4, 0.5) is 11.7 Å². The van der Waals surface area contributed by atoms with Gasteiger partial charge in [-0.25, -0.2) is 0 Å². The Morgan fingerprint density at radius 2 is 2.29 bits per heavy atom. The molecule has 1 unspecified atom stereocenters. The molecule has 1 N–H and O–H groups in total. The average molecular weight is 289 g/mol. The van der Waals surface area contributed by atoms with Crippen LogP contribution in [0.3, 0.4) is 0 Å². The summed E-state index contributed by atoms with van der Waals surface area (Å²) in [7, 11) is 0. The molecule has 1 fully saturated rings. The predicted molar refractivity (Wildman–Crippen MR) is 80.3 cm³/mol. The van der Waals surface area contributed by atoms with Gasteiger partial charge in [0.1, 0.15) is 0 Å². The third-order valence-electron chi connectivity index (χ3n) is 4.13. The number of hydrogen-bond acceptors (Lipinski definition) is 5. The fourth-order valence-electron chi connectivity index (χ4n) is 3.14. The van der Waals surface area contributed by atoms with Crippen LogP contribution in [-0.4, -0.2) is 15.9 Å². The molecule has 21 heavy (non-hydrogen) atoms. The SMILES string of the molecule is CC1(C)CCCC(Nc2nc3c([N+](=O)[O-])cccc3o2)C1. The van der Waals surface area contributed by atoms with E-state index in [1.807, 2.05) is 0 Å². The van der Waals surface area contributed by atoms with E-state index in [9.17, 15) is 10.1 Å². The van der Waals surface area contributed by atoms with Gasteiger partial charge in [0.25, 0.3) is 11.7 Å². The molecule has 1 heterocycles. The van der Waals surface area contributed by atoms with E-state index in [1.165, 1.54) is 18.9 Å². The summed E-state index contributed by atoms with van der Waals surface area (Å²) in [5, 5.41) is 14.3. The number of aromatic nitrogens is 1. The van der Waals surface area contributed by atoms with Crippen LogP contribution < -0.4 is 5.32 Å². The lowest BCUT2D eigenvalue weighted by Gasteiger charge is -2.35. The number of non-ortho nitro benzene ring substituents is 1. The molecule has 112 valence electrons. The second-order valence-electron chi connectivity index (χ2n) is 6.50. The molecule has 3 rings (SSSR count). The molecule has 0 radical (unpaired) electrons. The van der Waals surface area contributed by atoms with Crippen molar-refractivity contribution in [3.63, 3.8) is 0 Å². The number of fused-ring (bicyclic) bond motifs is 1. The highest BCUT2D eigenvalue weighted by atomic mass is 16.6. The van der Waals surface area contributed by atoms with Gasteiger partial charge in [0.2, 0.25) is 0 Å². The van der Waals surface area contributed by atoms with E-state index in [0.29, 0.717) is 28.6 Å². The summed E-state index contributed by atoms with van der Waals surface area (Å²) in [6.45, 7) is 4.52. The Labute approximate surface area is 122 Å². The van der Waals surface area contributed by atoms with E-state index < -0.39 is 4.92 Å². The van der Waals surface area contributed by atoms with Gasteiger partial charge >= 0.3 is 0 Å². The molecule has 0 saturated heterocycles. The Balaban J connectivity index is 1.85. The molecular weight excluding hydrogens is 270 g/mol. The van der Waals surface area contributed by atoms with E-state index in [4.69, 9.17) is 4.42 Å². The molecule has 1 aromatic heterocycles. The third kappa shape index (κ3) is 2.84. The lowest BCUT2D eigenvalue weighted by Crippen LogP contribution is -2.31. The highest BCUT2D eigenvalue weighted by molar-refractivity contribution is 5.84. The molecule has 1 atom stereocenters. The van der Waals surface area contributed by atoms with E-state index in [1.54, 1.807) is 12.1 Å². The maximum absolute atomic E-state index is 11.0. The van der Waals surface area contributed by atoms with Gasteiger partial charge in [-0.2, -0.15) is 4.98 Å². The van der Waals surface area contributed by atoms with Crippen LogP contribution in [0.2, 0.25) is 0 Å². The topological polar surface area (TPSA) is 81.2 Å². The Morgan fingerprint density at radius 3 is 3.00 bits per heavy atom. The van der Waals surface area contributed by atoms with Crippen molar-refractivity contribution < 1.29 is 9.34 Å². The first kappa shape index (κ1) is 13.9. The van der Waals surface area contributed by atoms with Gasteiger partial charge in [0.15, 0.2) is 11.1 Å². The Morgan fingerprint density at radius 1 is 1.48 bits per heavy atom. The minimum absolute atomic E-state index is 0.0201. The maximum atomic E-state index is 11.0. The zero-order valence-corrected chi connectivity index (χ0v) is 12.3. The minimum Gasteiger partial charge on any atom is -0.423 e. The number of anilines is 1. The van der Waals surface area contributed by atoms with Crippen molar-refractivity contribution in [1.82, 2.24) is 4.98 Å². The summed E-state index contributed by atoms with van der Waals surface area (Å²) in [6.07, 6.45) is 4.52. The van der Waals surface area contributed by atoms with Gasteiger partial charge < -0.3 is 9.73 Å². The lowest BCUT2D eigenvalue weighted by atomic mass is 9.75. The number of rotatable bonds is 3. The van der Waals surface area contributed by atoms with Gasteiger partial charge in [0.05, 0.1) is 4.92 Å². The molecule has 1 aliphatic carbocycles. The molecule has 1 saturated carbocycles. The molecule has 0 amide bonds. The molecule has 0 bridgehead atoms. The Bertz CT molecular complexity index is 678. The fourth-order valence-corrected chi connectivity index (χ4v) is 3.14. The van der Waals surface area contributed by atoms with Gasteiger partial charge in [-0.3, -0.25) is 10.1 Å². The highest BCUT2D eigenvalue weighted by Gasteiger charge is 2.29. The fraction of sp³-hybridized carbons (Fsp3) is 0.533. The molecular formula is C15H19N3O3. The summed E-state index contributed by atoms with van der Waals surface area (Å²) in [6, 6.07) is 5.44. The molecule has 6 heteroatoms. The van der Waals surface area contributed by atoms with Crippen molar-refractivity contribution in [3.05, 3.63) is 28.3 Å². The van der Waals surface area contributed by atoms with Crippen LogP contribution >= 0.6 is 0 Å². The number of para-hydroxylation sites is 1. The number of benzene rings is 1. The van der Waals surface area contributed by atoms with Gasteiger partial charge in [-0.15, -0.1) is 0 Å². The average Bonchev–Trinajstić information content (AvgIpc) is 2.78. The number of nitro benzene ring substituents is 1. The number of nitro groups is 1. The van der Waals surface area contributed by atoms with Gasteiger partial charge in [-0.05, 0) is 30.7 Å². The van der Waals surface area contributed by atoms with E-state index in [2.05, 4.69) is 24.1 Å².